The molecule has 0 amide bonds. The van der Waals surface area contributed by atoms with Crippen molar-refractivity contribution in [2.75, 3.05) is 5.32 Å². The second-order valence-corrected chi connectivity index (χ2v) is 4.81. The largest absolute Gasteiger partial charge is 0.383 e. The highest BCUT2D eigenvalue weighted by atomic mass is 15.3. The molecular formula is C16H21N3. The van der Waals surface area contributed by atoms with E-state index in [4.69, 9.17) is 0 Å². The van der Waals surface area contributed by atoms with E-state index in [1.807, 2.05) is 23.0 Å². The third-order valence-corrected chi connectivity index (χ3v) is 3.07. The molecule has 0 fully saturated rings. The van der Waals surface area contributed by atoms with Crippen molar-refractivity contribution < 1.29 is 0 Å². The van der Waals surface area contributed by atoms with Gasteiger partial charge >= 0.3 is 0 Å². The Morgan fingerprint density at radius 2 is 2.16 bits per heavy atom. The van der Waals surface area contributed by atoms with Gasteiger partial charge in [-0.3, -0.25) is 4.68 Å². The van der Waals surface area contributed by atoms with Gasteiger partial charge in [0, 0.05) is 24.1 Å². The number of nitrogens with zero attached hydrogens (tertiary/aromatic N) is 2. The maximum Gasteiger partial charge on any atom is 0.0659 e. The fraction of sp³-hybridized carbons (Fsp3) is 0.312. The van der Waals surface area contributed by atoms with Crippen molar-refractivity contribution in [3.63, 3.8) is 0 Å². The van der Waals surface area contributed by atoms with E-state index in [2.05, 4.69) is 48.2 Å². The molecule has 3 heteroatoms. The molecule has 2 aromatic rings. The summed E-state index contributed by atoms with van der Waals surface area (Å²) in [7, 11) is 0. The van der Waals surface area contributed by atoms with E-state index in [1.165, 1.54) is 11.3 Å². The number of aromatic nitrogens is 2. The van der Waals surface area contributed by atoms with Crippen molar-refractivity contribution in [2.24, 2.45) is 0 Å². The summed E-state index contributed by atoms with van der Waals surface area (Å²) in [4.78, 5) is 0. The van der Waals surface area contributed by atoms with Crippen LogP contribution in [0.25, 0.3) is 0 Å². The summed E-state index contributed by atoms with van der Waals surface area (Å²) in [5.74, 6) is 0. The number of anilines is 1. The van der Waals surface area contributed by atoms with Crippen LogP contribution in [0.15, 0.2) is 55.4 Å². The minimum atomic E-state index is 0.468. The Balaban J connectivity index is 1.89. The first-order valence-corrected chi connectivity index (χ1v) is 6.71. The minimum Gasteiger partial charge on any atom is -0.383 e. The fourth-order valence-corrected chi connectivity index (χ4v) is 2.01. The lowest BCUT2D eigenvalue weighted by Crippen LogP contribution is -2.14. The standard InChI is InChI=1S/C16H21N3/c1-3-4-6-14(2)18-16-9-7-15(8-10-16)13-19-12-5-11-17-19/h3,5,7-12,14,18H,1,4,6,13H2,2H3. The number of benzene rings is 1. The molecule has 0 aliphatic heterocycles. The molecule has 1 unspecified atom stereocenters. The van der Waals surface area contributed by atoms with Crippen molar-refractivity contribution in [1.82, 2.24) is 9.78 Å². The molecule has 0 radical (unpaired) electrons. The average Bonchev–Trinajstić information content (AvgIpc) is 2.91. The first-order valence-electron chi connectivity index (χ1n) is 6.71. The molecule has 1 aromatic heterocycles. The van der Waals surface area contributed by atoms with Gasteiger partial charge in [-0.2, -0.15) is 5.10 Å². The van der Waals surface area contributed by atoms with Crippen LogP contribution in [0, 0.1) is 0 Å². The number of nitrogens with one attached hydrogen (secondary N) is 1. The van der Waals surface area contributed by atoms with E-state index in [-0.39, 0.29) is 0 Å². The monoisotopic (exact) mass is 255 g/mol. The highest BCUT2D eigenvalue weighted by Gasteiger charge is 2.01. The lowest BCUT2D eigenvalue weighted by Gasteiger charge is -2.14. The first kappa shape index (κ1) is 13.4. The zero-order valence-electron chi connectivity index (χ0n) is 11.4. The summed E-state index contributed by atoms with van der Waals surface area (Å²) < 4.78 is 1.93. The SMILES string of the molecule is C=CCCC(C)Nc1ccc(Cn2cccn2)cc1. The molecule has 1 heterocycles. The van der Waals surface area contributed by atoms with Gasteiger partial charge < -0.3 is 5.32 Å². The van der Waals surface area contributed by atoms with Gasteiger partial charge in [0.25, 0.3) is 0 Å². The fourth-order valence-electron chi connectivity index (χ4n) is 2.01. The van der Waals surface area contributed by atoms with Crippen LogP contribution in [0.5, 0.6) is 0 Å². The van der Waals surface area contributed by atoms with Gasteiger partial charge in [-0.25, -0.2) is 0 Å². The second kappa shape index (κ2) is 6.78. The van der Waals surface area contributed by atoms with Gasteiger partial charge in [0.2, 0.25) is 0 Å². The minimum absolute atomic E-state index is 0.468. The Morgan fingerprint density at radius 3 is 2.79 bits per heavy atom. The van der Waals surface area contributed by atoms with E-state index < -0.39 is 0 Å². The quantitative estimate of drug-likeness (QED) is 0.765. The summed E-state index contributed by atoms with van der Waals surface area (Å²) in [5, 5.41) is 7.70. The van der Waals surface area contributed by atoms with Crippen LogP contribution in [-0.2, 0) is 6.54 Å². The summed E-state index contributed by atoms with van der Waals surface area (Å²) >= 11 is 0. The Hall–Kier alpha value is -2.03. The predicted molar refractivity (Wildman–Crippen MR) is 80.3 cm³/mol. The molecule has 19 heavy (non-hydrogen) atoms. The molecule has 0 aliphatic rings. The van der Waals surface area contributed by atoms with Crippen molar-refractivity contribution in [2.45, 2.75) is 32.4 Å². The van der Waals surface area contributed by atoms with Crippen molar-refractivity contribution in [3.05, 3.63) is 60.9 Å². The summed E-state index contributed by atoms with van der Waals surface area (Å²) in [6, 6.07) is 11.0. The summed E-state index contributed by atoms with van der Waals surface area (Å²) in [6.45, 7) is 6.77. The van der Waals surface area contributed by atoms with Gasteiger partial charge in [-0.05, 0) is 43.5 Å². The molecule has 0 saturated carbocycles. The normalized spacial score (nSPS) is 12.1. The summed E-state index contributed by atoms with van der Waals surface area (Å²) in [6.07, 6.45) is 7.90. The molecule has 1 N–H and O–H groups in total. The Kier molecular flexibility index (Phi) is 4.78. The maximum atomic E-state index is 4.21. The molecule has 0 aliphatic carbocycles. The third-order valence-electron chi connectivity index (χ3n) is 3.07. The molecule has 100 valence electrons. The van der Waals surface area contributed by atoms with Crippen molar-refractivity contribution >= 4 is 5.69 Å². The van der Waals surface area contributed by atoms with Crippen molar-refractivity contribution in [3.8, 4) is 0 Å². The highest BCUT2D eigenvalue weighted by Crippen LogP contribution is 2.13. The second-order valence-electron chi connectivity index (χ2n) is 4.81. The Bertz CT molecular complexity index is 485. The third kappa shape index (κ3) is 4.28. The average molecular weight is 255 g/mol. The Labute approximate surface area is 115 Å². The molecule has 0 spiro atoms. The zero-order chi connectivity index (χ0) is 13.5. The number of allylic oxidation sites excluding steroid dienone is 1. The van der Waals surface area contributed by atoms with E-state index in [0.717, 1.165) is 19.4 Å². The molecule has 0 bridgehead atoms. The van der Waals surface area contributed by atoms with E-state index in [9.17, 15) is 0 Å². The lowest BCUT2D eigenvalue weighted by atomic mass is 10.1. The molecule has 1 aromatic carbocycles. The van der Waals surface area contributed by atoms with Gasteiger partial charge in [-0.1, -0.05) is 18.2 Å². The highest BCUT2D eigenvalue weighted by molar-refractivity contribution is 5.45. The summed E-state index contributed by atoms with van der Waals surface area (Å²) in [5.41, 5.74) is 2.42. The van der Waals surface area contributed by atoms with Crippen LogP contribution in [0.3, 0.4) is 0 Å². The zero-order valence-corrected chi connectivity index (χ0v) is 11.4. The molecule has 2 rings (SSSR count). The molecule has 0 saturated heterocycles. The number of hydrogen-bond donors (Lipinski definition) is 1. The molecular weight excluding hydrogens is 234 g/mol. The van der Waals surface area contributed by atoms with E-state index >= 15 is 0 Å². The lowest BCUT2D eigenvalue weighted by molar-refractivity contribution is 0.686. The number of rotatable bonds is 7. The van der Waals surface area contributed by atoms with Gasteiger partial charge in [0.1, 0.15) is 0 Å². The van der Waals surface area contributed by atoms with E-state index in [1.54, 1.807) is 6.20 Å². The van der Waals surface area contributed by atoms with Crippen LogP contribution in [0.1, 0.15) is 25.3 Å². The molecule has 3 nitrogen and oxygen atoms in total. The Morgan fingerprint density at radius 1 is 1.37 bits per heavy atom. The predicted octanol–water partition coefficient (Wildman–Crippen LogP) is 3.70. The smallest absolute Gasteiger partial charge is 0.0659 e. The topological polar surface area (TPSA) is 29.9 Å². The number of hydrogen-bond acceptors (Lipinski definition) is 2. The van der Waals surface area contributed by atoms with E-state index in [0.29, 0.717) is 6.04 Å². The van der Waals surface area contributed by atoms with Gasteiger partial charge in [0.15, 0.2) is 0 Å². The van der Waals surface area contributed by atoms with Crippen LogP contribution >= 0.6 is 0 Å². The molecule has 1 atom stereocenters. The van der Waals surface area contributed by atoms with Crippen LogP contribution < -0.4 is 5.32 Å². The van der Waals surface area contributed by atoms with Crippen molar-refractivity contribution in [1.29, 1.82) is 0 Å². The van der Waals surface area contributed by atoms with Crippen LogP contribution in [0.4, 0.5) is 5.69 Å². The van der Waals surface area contributed by atoms with Crippen LogP contribution in [0.2, 0.25) is 0 Å². The van der Waals surface area contributed by atoms with Gasteiger partial charge in [-0.15, -0.1) is 6.58 Å². The van der Waals surface area contributed by atoms with Gasteiger partial charge in [0.05, 0.1) is 6.54 Å². The first-order chi connectivity index (χ1) is 9.28. The maximum absolute atomic E-state index is 4.21. The van der Waals surface area contributed by atoms with Crippen LogP contribution in [-0.4, -0.2) is 15.8 Å².